The average molecular weight is 280 g/mol. The Labute approximate surface area is 118 Å². The van der Waals surface area contributed by atoms with E-state index >= 15 is 0 Å². The number of aryl methyl sites for hydroxylation is 1. The van der Waals surface area contributed by atoms with Gasteiger partial charge < -0.3 is 0 Å². The van der Waals surface area contributed by atoms with Crippen LogP contribution in [0.3, 0.4) is 0 Å². The van der Waals surface area contributed by atoms with Crippen LogP contribution in [-0.2, 0) is 0 Å². The monoisotopic (exact) mass is 280 g/mol. The van der Waals surface area contributed by atoms with E-state index in [1.54, 1.807) is 12.1 Å². The van der Waals surface area contributed by atoms with Crippen LogP contribution in [-0.4, -0.2) is 15.3 Å². The van der Waals surface area contributed by atoms with Crippen molar-refractivity contribution in [3.8, 4) is 5.69 Å². The van der Waals surface area contributed by atoms with Gasteiger partial charge in [-0.25, -0.2) is 9.37 Å². The number of benzene rings is 2. The zero-order valence-corrected chi connectivity index (χ0v) is 11.1. The average Bonchev–Trinajstić information content (AvgIpc) is 2.73. The number of ketones is 1. The van der Waals surface area contributed by atoms with Gasteiger partial charge in [-0.15, -0.1) is 0 Å². The molecule has 0 saturated heterocycles. The van der Waals surface area contributed by atoms with E-state index in [2.05, 4.69) is 4.98 Å². The van der Waals surface area contributed by atoms with Crippen molar-refractivity contribution in [3.05, 3.63) is 69.5 Å². The van der Waals surface area contributed by atoms with Crippen LogP contribution in [0.15, 0.2) is 41.2 Å². The summed E-state index contributed by atoms with van der Waals surface area (Å²) < 4.78 is 14.6. The van der Waals surface area contributed by atoms with Crippen molar-refractivity contribution >= 4 is 16.7 Å². The third-order valence-electron chi connectivity index (χ3n) is 3.75. The second kappa shape index (κ2) is 3.85. The molecule has 0 spiro atoms. The zero-order valence-electron chi connectivity index (χ0n) is 11.1. The van der Waals surface area contributed by atoms with Gasteiger partial charge >= 0.3 is 0 Å². The third-order valence-corrected chi connectivity index (χ3v) is 3.75. The van der Waals surface area contributed by atoms with Crippen molar-refractivity contribution in [1.29, 1.82) is 0 Å². The van der Waals surface area contributed by atoms with Crippen molar-refractivity contribution in [2.75, 3.05) is 0 Å². The van der Waals surface area contributed by atoms with Crippen molar-refractivity contribution in [1.82, 2.24) is 9.55 Å². The van der Waals surface area contributed by atoms with E-state index in [-0.39, 0.29) is 16.9 Å². The Bertz CT molecular complexity index is 1010. The molecule has 0 N–H and O–H groups in total. The summed E-state index contributed by atoms with van der Waals surface area (Å²) in [5.74, 6) is -0.896. The maximum absolute atomic E-state index is 13.3. The van der Waals surface area contributed by atoms with Gasteiger partial charge in [-0.3, -0.25) is 14.2 Å². The molecule has 21 heavy (non-hydrogen) atoms. The van der Waals surface area contributed by atoms with Gasteiger partial charge in [0.1, 0.15) is 5.82 Å². The lowest BCUT2D eigenvalue weighted by atomic mass is 10.1. The zero-order chi connectivity index (χ0) is 14.7. The number of carbonyl (C=O) groups excluding carboxylic acids is 1. The number of hydrogen-bond acceptors (Lipinski definition) is 3. The van der Waals surface area contributed by atoms with E-state index in [0.717, 1.165) is 11.6 Å². The highest BCUT2D eigenvalue weighted by Crippen LogP contribution is 2.27. The first-order valence-electron chi connectivity index (χ1n) is 6.45. The van der Waals surface area contributed by atoms with Crippen LogP contribution in [0.25, 0.3) is 16.6 Å². The predicted octanol–water partition coefficient (Wildman–Crippen LogP) is 2.38. The van der Waals surface area contributed by atoms with Crippen LogP contribution in [0, 0.1) is 12.7 Å². The van der Waals surface area contributed by atoms with Crippen LogP contribution < -0.4 is 5.56 Å². The Morgan fingerprint density at radius 3 is 2.76 bits per heavy atom. The first-order chi connectivity index (χ1) is 10.1. The number of hydrogen-bond donors (Lipinski definition) is 0. The van der Waals surface area contributed by atoms with Crippen LogP contribution >= 0.6 is 0 Å². The van der Waals surface area contributed by atoms with Crippen molar-refractivity contribution in [2.24, 2.45) is 0 Å². The summed E-state index contributed by atoms with van der Waals surface area (Å²) in [7, 11) is 0. The SMILES string of the molecule is Cc1cccc2nc3n(c(=O)c12)-c1ccc(F)cc1C3=O. The molecule has 3 aromatic rings. The Morgan fingerprint density at radius 2 is 1.95 bits per heavy atom. The fourth-order valence-electron chi connectivity index (χ4n) is 2.78. The number of fused-ring (bicyclic) bond motifs is 4. The first kappa shape index (κ1) is 12.0. The minimum absolute atomic E-state index is 0.0405. The first-order valence-corrected chi connectivity index (χ1v) is 6.45. The number of aromatic nitrogens is 2. The number of halogens is 1. The molecule has 0 fully saturated rings. The molecule has 2 aromatic carbocycles. The second-order valence-corrected chi connectivity index (χ2v) is 5.04. The maximum Gasteiger partial charge on any atom is 0.266 e. The van der Waals surface area contributed by atoms with Gasteiger partial charge in [0.25, 0.3) is 5.56 Å². The lowest BCUT2D eigenvalue weighted by molar-refractivity contribution is 0.103. The largest absolute Gasteiger partial charge is 0.285 e. The summed E-state index contributed by atoms with van der Waals surface area (Å²) in [4.78, 5) is 29.3. The van der Waals surface area contributed by atoms with Gasteiger partial charge in [0.15, 0.2) is 5.82 Å². The summed E-state index contributed by atoms with van der Waals surface area (Å²) in [6, 6.07) is 9.11. The molecule has 1 aliphatic heterocycles. The molecule has 0 radical (unpaired) electrons. The lowest BCUT2D eigenvalue weighted by Crippen LogP contribution is -2.22. The summed E-state index contributed by atoms with van der Waals surface area (Å²) >= 11 is 0. The van der Waals surface area contributed by atoms with Crippen LogP contribution in [0.1, 0.15) is 21.7 Å². The molecule has 2 heterocycles. The normalized spacial score (nSPS) is 12.6. The molecule has 4 nitrogen and oxygen atoms in total. The Kier molecular flexibility index (Phi) is 2.19. The molecule has 0 bridgehead atoms. The van der Waals surface area contributed by atoms with Gasteiger partial charge in [0.05, 0.1) is 22.2 Å². The molecule has 0 amide bonds. The highest BCUT2D eigenvalue weighted by molar-refractivity contribution is 6.13. The van der Waals surface area contributed by atoms with Crippen molar-refractivity contribution in [2.45, 2.75) is 6.92 Å². The molecule has 4 rings (SSSR count). The molecule has 5 heteroatoms. The van der Waals surface area contributed by atoms with Gasteiger partial charge in [-0.2, -0.15) is 0 Å². The fourth-order valence-corrected chi connectivity index (χ4v) is 2.78. The molecule has 0 unspecified atom stereocenters. The van der Waals surface area contributed by atoms with Crippen LogP contribution in [0.5, 0.6) is 0 Å². The van der Waals surface area contributed by atoms with E-state index in [0.29, 0.717) is 16.6 Å². The second-order valence-electron chi connectivity index (χ2n) is 5.04. The molecule has 102 valence electrons. The van der Waals surface area contributed by atoms with E-state index in [1.807, 2.05) is 13.0 Å². The highest BCUT2D eigenvalue weighted by atomic mass is 19.1. The van der Waals surface area contributed by atoms with E-state index in [9.17, 15) is 14.0 Å². The third kappa shape index (κ3) is 1.45. The Balaban J connectivity index is 2.21. The smallest absolute Gasteiger partial charge is 0.266 e. The molecule has 1 aromatic heterocycles. The van der Waals surface area contributed by atoms with Crippen LogP contribution in [0.4, 0.5) is 4.39 Å². The molecule has 0 atom stereocenters. The van der Waals surface area contributed by atoms with Gasteiger partial charge in [0, 0.05) is 0 Å². The number of carbonyl (C=O) groups is 1. The van der Waals surface area contributed by atoms with Crippen LogP contribution in [0.2, 0.25) is 0 Å². The fraction of sp³-hybridized carbons (Fsp3) is 0.0625. The number of rotatable bonds is 0. The van der Waals surface area contributed by atoms with E-state index in [1.165, 1.54) is 16.7 Å². The summed E-state index contributed by atoms with van der Waals surface area (Å²) in [6.07, 6.45) is 0. The van der Waals surface area contributed by atoms with E-state index < -0.39 is 11.6 Å². The van der Waals surface area contributed by atoms with Crippen molar-refractivity contribution in [3.63, 3.8) is 0 Å². The lowest BCUT2D eigenvalue weighted by Gasteiger charge is -2.06. The predicted molar refractivity (Wildman–Crippen MR) is 75.5 cm³/mol. The Hall–Kier alpha value is -2.82. The molecule has 1 aliphatic rings. The maximum atomic E-state index is 13.3. The minimum atomic E-state index is -0.510. The standard InChI is InChI=1S/C16H9FN2O2/c1-8-3-2-4-11-13(8)16(21)19-12-6-5-9(17)7-10(12)14(20)15(19)18-11/h2-7H,1H3. The quantitative estimate of drug-likeness (QED) is 0.497. The summed E-state index contributed by atoms with van der Waals surface area (Å²) in [5.41, 5.74) is 1.54. The van der Waals surface area contributed by atoms with Gasteiger partial charge in [-0.1, -0.05) is 12.1 Å². The van der Waals surface area contributed by atoms with Gasteiger partial charge in [0.2, 0.25) is 5.78 Å². The summed E-state index contributed by atoms with van der Waals surface area (Å²) in [5, 5.41) is 0.478. The highest BCUT2D eigenvalue weighted by Gasteiger charge is 2.30. The molecule has 0 saturated carbocycles. The minimum Gasteiger partial charge on any atom is -0.285 e. The summed E-state index contributed by atoms with van der Waals surface area (Å²) in [6.45, 7) is 1.82. The topological polar surface area (TPSA) is 52.0 Å². The van der Waals surface area contributed by atoms with Gasteiger partial charge in [-0.05, 0) is 36.8 Å². The number of nitrogens with zero attached hydrogens (tertiary/aromatic N) is 2. The Morgan fingerprint density at radius 1 is 1.14 bits per heavy atom. The van der Waals surface area contributed by atoms with Crippen molar-refractivity contribution < 1.29 is 9.18 Å². The molecular formula is C16H9FN2O2. The van der Waals surface area contributed by atoms with E-state index in [4.69, 9.17) is 0 Å². The molecular weight excluding hydrogens is 271 g/mol. The molecule has 0 aliphatic carbocycles.